The monoisotopic (exact) mass is 713 g/mol. The van der Waals surface area contributed by atoms with Gasteiger partial charge in [-0.25, -0.2) is 13.1 Å². The molecule has 1 aliphatic heterocycles. The fraction of sp³-hybridized carbons (Fsp3) is 0.371. The van der Waals surface area contributed by atoms with E-state index in [9.17, 15) is 18.0 Å². The number of aromatic nitrogens is 1. The number of nitrogens with one attached hydrogen (secondary N) is 5. The van der Waals surface area contributed by atoms with Gasteiger partial charge < -0.3 is 15.0 Å². The number of benzene rings is 3. The van der Waals surface area contributed by atoms with Gasteiger partial charge in [-0.15, -0.1) is 0 Å². The Labute approximate surface area is 291 Å². The average molecular weight is 715 g/mol. The number of H-pyrrole nitrogens is 1. The van der Waals surface area contributed by atoms with Crippen molar-refractivity contribution in [1.82, 2.24) is 25.9 Å². The maximum absolute atomic E-state index is 13.3. The molecule has 1 fully saturated rings. The number of fused-ring (bicyclic) bond motifs is 1. The van der Waals surface area contributed by atoms with Crippen LogP contribution in [0.4, 0.5) is 0 Å². The van der Waals surface area contributed by atoms with Crippen molar-refractivity contribution in [3.63, 3.8) is 0 Å². The minimum Gasteiger partial charge on any atom is -0.494 e. The molecular weight excluding hydrogens is 673 g/mol. The molecule has 1 aliphatic rings. The predicted molar refractivity (Wildman–Crippen MR) is 190 cm³/mol. The number of hydrogen-bond acceptors (Lipinski definition) is 7. The van der Waals surface area contributed by atoms with E-state index in [1.807, 2.05) is 50.2 Å². The quantitative estimate of drug-likeness (QED) is 0.0944. The maximum atomic E-state index is 13.3. The Hall–Kier alpha value is -3.61. The fourth-order valence-electron chi connectivity index (χ4n) is 5.95. The predicted octanol–water partition coefficient (Wildman–Crippen LogP) is 6.06. The van der Waals surface area contributed by atoms with Crippen molar-refractivity contribution in [3.8, 4) is 5.75 Å². The molecule has 0 bridgehead atoms. The highest BCUT2D eigenvalue weighted by Gasteiger charge is 2.25. The van der Waals surface area contributed by atoms with E-state index in [0.29, 0.717) is 59.2 Å². The Bertz CT molecular complexity index is 1840. The van der Waals surface area contributed by atoms with E-state index < -0.39 is 15.9 Å². The number of amides is 2. The number of rotatable bonds is 15. The van der Waals surface area contributed by atoms with Crippen molar-refractivity contribution in [2.75, 3.05) is 18.9 Å². The number of hydrazine groups is 1. The van der Waals surface area contributed by atoms with Gasteiger partial charge in [0.2, 0.25) is 15.9 Å². The number of carbonyl (C=O) groups excluding carboxylic acids is 2. The number of halogens is 2. The lowest BCUT2D eigenvalue weighted by atomic mass is 10.00. The zero-order valence-electron chi connectivity index (χ0n) is 27.0. The summed E-state index contributed by atoms with van der Waals surface area (Å²) in [6.45, 7) is 4.40. The zero-order chi connectivity index (χ0) is 34.3. The summed E-state index contributed by atoms with van der Waals surface area (Å²) >= 11 is 12.5. The normalized spacial score (nSPS) is 16.2. The second-order valence-corrected chi connectivity index (χ2v) is 14.8. The SMILES string of the molecule is Cc1cc(OCCCc2c(C(=O)NS(=O)(=O)CCCNC(=O)CCC3CC(c4ccccc4)NN3)[nH]c3cc(Cl)ccc23)cc(C)c1Cl. The maximum Gasteiger partial charge on any atom is 0.281 e. The van der Waals surface area contributed by atoms with Crippen LogP contribution in [0.1, 0.15) is 70.9 Å². The van der Waals surface area contributed by atoms with Crippen LogP contribution in [-0.4, -0.2) is 50.2 Å². The van der Waals surface area contributed by atoms with Crippen LogP contribution in [0.2, 0.25) is 10.0 Å². The largest absolute Gasteiger partial charge is 0.494 e. The van der Waals surface area contributed by atoms with Crippen molar-refractivity contribution >= 4 is 55.9 Å². The van der Waals surface area contributed by atoms with Gasteiger partial charge in [0.1, 0.15) is 11.4 Å². The van der Waals surface area contributed by atoms with Gasteiger partial charge in [0.25, 0.3) is 5.91 Å². The number of carbonyl (C=O) groups is 2. The van der Waals surface area contributed by atoms with Crippen LogP contribution < -0.4 is 25.6 Å². The molecule has 2 heterocycles. The Balaban J connectivity index is 1.09. The van der Waals surface area contributed by atoms with E-state index in [2.05, 4.69) is 38.0 Å². The van der Waals surface area contributed by atoms with Crippen LogP contribution in [0.25, 0.3) is 10.9 Å². The van der Waals surface area contributed by atoms with Gasteiger partial charge in [-0.3, -0.25) is 20.4 Å². The first kappa shape index (κ1) is 35.7. The van der Waals surface area contributed by atoms with Crippen LogP contribution in [-0.2, 0) is 21.2 Å². The fourth-order valence-corrected chi connectivity index (χ4v) is 7.24. The molecule has 0 spiro atoms. The Morgan fingerprint density at radius 1 is 0.979 bits per heavy atom. The van der Waals surface area contributed by atoms with E-state index in [0.717, 1.165) is 22.9 Å². The molecule has 2 atom stereocenters. The molecule has 5 N–H and O–H groups in total. The van der Waals surface area contributed by atoms with Crippen LogP contribution in [0.5, 0.6) is 5.75 Å². The molecule has 48 heavy (non-hydrogen) atoms. The summed E-state index contributed by atoms with van der Waals surface area (Å²) in [7, 11) is -3.97. The van der Waals surface area contributed by atoms with Gasteiger partial charge >= 0.3 is 0 Å². The van der Waals surface area contributed by atoms with Crippen LogP contribution in [0.3, 0.4) is 0 Å². The zero-order valence-corrected chi connectivity index (χ0v) is 29.3. The molecule has 256 valence electrons. The van der Waals surface area contributed by atoms with E-state index in [1.54, 1.807) is 12.1 Å². The second kappa shape index (κ2) is 16.2. The topological polar surface area (TPSA) is 141 Å². The molecule has 0 saturated carbocycles. The molecule has 13 heteroatoms. The standard InChI is InChI=1S/C35H41Cl2N5O5S/c1-22-18-27(19-23(2)33(22)37)47-16-6-10-29-28-13-11-25(36)20-31(28)39-34(29)35(44)42-48(45,46)17-7-15-38-32(43)14-12-26-21-30(41-40-26)24-8-4-3-5-9-24/h3-5,8-9,11,13,18-20,26,30,39-41H,6-7,10,12,14-17,21H2,1-2H3,(H,38,43)(H,42,44). The third kappa shape index (κ3) is 9.51. The minimum atomic E-state index is -3.97. The third-order valence-electron chi connectivity index (χ3n) is 8.41. The molecule has 4 aromatic rings. The lowest BCUT2D eigenvalue weighted by Gasteiger charge is -2.11. The molecule has 3 aromatic carbocycles. The molecule has 1 aromatic heterocycles. The smallest absolute Gasteiger partial charge is 0.281 e. The highest BCUT2D eigenvalue weighted by molar-refractivity contribution is 7.90. The summed E-state index contributed by atoms with van der Waals surface area (Å²) in [5.74, 6) is -0.507. The van der Waals surface area contributed by atoms with Crippen molar-refractivity contribution in [3.05, 3.63) is 98.7 Å². The molecule has 1 saturated heterocycles. The lowest BCUT2D eigenvalue weighted by molar-refractivity contribution is -0.121. The number of ether oxygens (including phenoxy) is 1. The van der Waals surface area contributed by atoms with E-state index in [1.165, 1.54) is 5.56 Å². The van der Waals surface area contributed by atoms with Gasteiger partial charge in [-0.1, -0.05) is 59.6 Å². The van der Waals surface area contributed by atoms with Crippen molar-refractivity contribution in [1.29, 1.82) is 0 Å². The van der Waals surface area contributed by atoms with Crippen molar-refractivity contribution < 1.29 is 22.7 Å². The van der Waals surface area contributed by atoms with Crippen molar-refractivity contribution in [2.24, 2.45) is 0 Å². The van der Waals surface area contributed by atoms with Crippen LogP contribution in [0.15, 0.2) is 60.7 Å². The summed E-state index contributed by atoms with van der Waals surface area (Å²) in [4.78, 5) is 28.7. The second-order valence-electron chi connectivity index (χ2n) is 12.2. The minimum absolute atomic E-state index is 0.145. The average Bonchev–Trinajstić information content (AvgIpc) is 3.68. The Morgan fingerprint density at radius 2 is 1.73 bits per heavy atom. The number of sulfonamides is 1. The first-order valence-electron chi connectivity index (χ1n) is 16.1. The number of aromatic amines is 1. The van der Waals surface area contributed by atoms with Crippen molar-refractivity contribution in [2.45, 2.75) is 64.5 Å². The third-order valence-corrected chi connectivity index (χ3v) is 10.6. The molecule has 2 unspecified atom stereocenters. The summed E-state index contributed by atoms with van der Waals surface area (Å²) < 4.78 is 33.9. The van der Waals surface area contributed by atoms with E-state index in [4.69, 9.17) is 27.9 Å². The number of aryl methyl sites for hydroxylation is 3. The summed E-state index contributed by atoms with van der Waals surface area (Å²) in [6.07, 6.45) is 3.04. The van der Waals surface area contributed by atoms with E-state index >= 15 is 0 Å². The Kier molecular flexibility index (Phi) is 12.0. The molecule has 10 nitrogen and oxygen atoms in total. The first-order valence-corrected chi connectivity index (χ1v) is 18.5. The highest BCUT2D eigenvalue weighted by atomic mass is 35.5. The highest BCUT2D eigenvalue weighted by Crippen LogP contribution is 2.29. The van der Waals surface area contributed by atoms with Crippen LogP contribution in [0, 0.1) is 13.8 Å². The first-order chi connectivity index (χ1) is 23.0. The lowest BCUT2D eigenvalue weighted by Crippen LogP contribution is -2.35. The van der Waals surface area contributed by atoms with Gasteiger partial charge in [-0.2, -0.15) is 0 Å². The molecule has 0 radical (unpaired) electrons. The molecule has 0 aliphatic carbocycles. The van der Waals surface area contributed by atoms with Gasteiger partial charge in [0.05, 0.1) is 12.4 Å². The van der Waals surface area contributed by atoms with Gasteiger partial charge in [0, 0.05) is 46.0 Å². The molecule has 5 rings (SSSR count). The molecular formula is C35H41Cl2N5O5S. The van der Waals surface area contributed by atoms with Gasteiger partial charge in [-0.05, 0) is 92.5 Å². The summed E-state index contributed by atoms with van der Waals surface area (Å²) in [5.41, 5.74) is 11.0. The Morgan fingerprint density at radius 3 is 2.48 bits per heavy atom. The summed E-state index contributed by atoms with van der Waals surface area (Å²) in [5, 5.41) is 4.76. The van der Waals surface area contributed by atoms with Crippen LogP contribution >= 0.6 is 23.2 Å². The van der Waals surface area contributed by atoms with E-state index in [-0.39, 0.29) is 42.4 Å². The number of hydrogen-bond donors (Lipinski definition) is 5. The molecule has 2 amide bonds. The van der Waals surface area contributed by atoms with Gasteiger partial charge in [0.15, 0.2) is 0 Å². The summed E-state index contributed by atoms with van der Waals surface area (Å²) in [6, 6.07) is 19.5.